The molecule has 0 radical (unpaired) electrons. The van der Waals surface area contributed by atoms with Crippen molar-refractivity contribution in [1.82, 2.24) is 4.73 Å². The molecule has 2 rings (SSSR count). The van der Waals surface area contributed by atoms with Gasteiger partial charge in [-0.2, -0.15) is 4.73 Å². The minimum Gasteiger partial charge on any atom is -0.404 e. The summed E-state index contributed by atoms with van der Waals surface area (Å²) >= 11 is 6.72. The molecule has 0 bridgehead atoms. The van der Waals surface area contributed by atoms with Crippen LogP contribution in [0, 0.1) is 10.9 Å². The zero-order valence-corrected chi connectivity index (χ0v) is 10.8. The van der Waals surface area contributed by atoms with Crippen molar-refractivity contribution in [2.45, 2.75) is 20.0 Å². The Labute approximate surface area is 104 Å². The highest BCUT2D eigenvalue weighted by molar-refractivity contribution is 7.73. The molecule has 1 aromatic heterocycles. The molecule has 16 heavy (non-hydrogen) atoms. The zero-order valence-electron chi connectivity index (χ0n) is 9.21. The Morgan fingerprint density at radius 1 is 1.31 bits per heavy atom. The van der Waals surface area contributed by atoms with Crippen molar-refractivity contribution in [3.05, 3.63) is 50.9 Å². The number of thiazole rings is 1. The number of rotatable bonds is 3. The van der Waals surface area contributed by atoms with Gasteiger partial charge < -0.3 is 4.84 Å². The largest absolute Gasteiger partial charge is 0.404 e. The Morgan fingerprint density at radius 3 is 2.56 bits per heavy atom. The first-order valence-electron chi connectivity index (χ1n) is 5.07. The van der Waals surface area contributed by atoms with Gasteiger partial charge in [0.25, 0.3) is 0 Å². The summed E-state index contributed by atoms with van der Waals surface area (Å²) in [7, 11) is 0. The Kier molecular flexibility index (Phi) is 3.41. The minimum absolute atomic E-state index is 0.00111. The summed E-state index contributed by atoms with van der Waals surface area (Å²) in [4.78, 5) is 5.82. The summed E-state index contributed by atoms with van der Waals surface area (Å²) in [5, 5.41) is 2.00. The van der Waals surface area contributed by atoms with E-state index in [1.54, 1.807) is 4.73 Å². The van der Waals surface area contributed by atoms with Gasteiger partial charge in [0.2, 0.25) is 0 Å². The summed E-state index contributed by atoms with van der Waals surface area (Å²) < 4.78 is 2.47. The molecule has 1 atom stereocenters. The predicted octanol–water partition coefficient (Wildman–Crippen LogP) is 3.78. The standard InChI is InChI=1S/C12H13NOS2/c1-9-8-16-12(15)13(9)14-10(2)11-6-4-3-5-7-11/h3-8,10H,1-2H3. The van der Waals surface area contributed by atoms with Crippen LogP contribution in [-0.2, 0) is 0 Å². The Balaban J connectivity index is 2.20. The number of hydrogen-bond acceptors (Lipinski definition) is 3. The van der Waals surface area contributed by atoms with Crippen LogP contribution >= 0.6 is 23.6 Å². The van der Waals surface area contributed by atoms with E-state index in [4.69, 9.17) is 17.1 Å². The highest BCUT2D eigenvalue weighted by Gasteiger charge is 2.08. The lowest BCUT2D eigenvalue weighted by atomic mass is 10.1. The van der Waals surface area contributed by atoms with Crippen LogP contribution in [0.25, 0.3) is 0 Å². The molecule has 84 valence electrons. The molecule has 2 aromatic rings. The summed E-state index contributed by atoms with van der Waals surface area (Å²) in [5.74, 6) is 0. The maximum Gasteiger partial charge on any atom is 0.196 e. The highest BCUT2D eigenvalue weighted by atomic mass is 32.1. The van der Waals surface area contributed by atoms with Crippen molar-refractivity contribution in [2.75, 3.05) is 0 Å². The van der Waals surface area contributed by atoms with E-state index in [9.17, 15) is 0 Å². The third kappa shape index (κ3) is 2.33. The lowest BCUT2D eigenvalue weighted by Gasteiger charge is -2.16. The molecule has 1 heterocycles. The van der Waals surface area contributed by atoms with Crippen molar-refractivity contribution < 1.29 is 4.84 Å². The quantitative estimate of drug-likeness (QED) is 0.771. The van der Waals surface area contributed by atoms with Crippen molar-refractivity contribution >= 4 is 23.6 Å². The van der Waals surface area contributed by atoms with Gasteiger partial charge in [-0.15, -0.1) is 11.3 Å². The third-order valence-electron chi connectivity index (χ3n) is 2.35. The van der Waals surface area contributed by atoms with Gasteiger partial charge in [0.1, 0.15) is 6.10 Å². The molecular weight excluding hydrogens is 238 g/mol. The van der Waals surface area contributed by atoms with E-state index in [1.807, 2.05) is 37.4 Å². The predicted molar refractivity (Wildman–Crippen MR) is 69.3 cm³/mol. The fraction of sp³-hybridized carbons (Fsp3) is 0.250. The molecular formula is C12H13NOS2. The molecule has 1 unspecified atom stereocenters. The lowest BCUT2D eigenvalue weighted by Crippen LogP contribution is -2.16. The summed E-state index contributed by atoms with van der Waals surface area (Å²) in [6, 6.07) is 10.1. The van der Waals surface area contributed by atoms with Crippen molar-refractivity contribution in [2.24, 2.45) is 0 Å². The van der Waals surface area contributed by atoms with E-state index in [0.717, 1.165) is 15.2 Å². The molecule has 0 saturated carbocycles. The van der Waals surface area contributed by atoms with Gasteiger partial charge in [0, 0.05) is 5.38 Å². The molecule has 0 aliphatic heterocycles. The Hall–Kier alpha value is -1.13. The first-order valence-corrected chi connectivity index (χ1v) is 6.36. The topological polar surface area (TPSA) is 14.2 Å². The molecule has 0 N–H and O–H groups in total. The molecule has 0 saturated heterocycles. The maximum atomic E-state index is 5.82. The molecule has 2 nitrogen and oxygen atoms in total. The van der Waals surface area contributed by atoms with Gasteiger partial charge in [0.15, 0.2) is 3.95 Å². The molecule has 0 aliphatic rings. The van der Waals surface area contributed by atoms with Crippen molar-refractivity contribution in [3.63, 3.8) is 0 Å². The average Bonchev–Trinajstić information content (AvgIpc) is 2.62. The maximum absolute atomic E-state index is 5.82. The van der Waals surface area contributed by atoms with Crippen molar-refractivity contribution in [3.8, 4) is 0 Å². The average molecular weight is 251 g/mol. The monoisotopic (exact) mass is 251 g/mol. The second-order valence-corrected chi connectivity index (χ2v) is 5.10. The van der Waals surface area contributed by atoms with Gasteiger partial charge in [-0.25, -0.2) is 0 Å². The van der Waals surface area contributed by atoms with Crippen LogP contribution in [0.1, 0.15) is 24.3 Å². The zero-order chi connectivity index (χ0) is 11.5. The van der Waals surface area contributed by atoms with Gasteiger partial charge in [-0.3, -0.25) is 0 Å². The van der Waals surface area contributed by atoms with Gasteiger partial charge in [0.05, 0.1) is 5.69 Å². The van der Waals surface area contributed by atoms with Crippen LogP contribution in [0.3, 0.4) is 0 Å². The van der Waals surface area contributed by atoms with Crippen LogP contribution < -0.4 is 4.84 Å². The molecule has 0 fully saturated rings. The van der Waals surface area contributed by atoms with Gasteiger partial charge in [-0.1, -0.05) is 30.3 Å². The van der Waals surface area contributed by atoms with Crippen LogP contribution in [0.15, 0.2) is 35.7 Å². The van der Waals surface area contributed by atoms with E-state index >= 15 is 0 Å². The fourth-order valence-corrected chi connectivity index (χ4v) is 2.43. The number of nitrogens with zero attached hydrogens (tertiary/aromatic N) is 1. The van der Waals surface area contributed by atoms with Crippen molar-refractivity contribution in [1.29, 1.82) is 0 Å². The van der Waals surface area contributed by atoms with E-state index in [1.165, 1.54) is 11.3 Å². The van der Waals surface area contributed by atoms with E-state index in [0.29, 0.717) is 0 Å². The lowest BCUT2D eigenvalue weighted by molar-refractivity contribution is 0.0433. The molecule has 0 aliphatic carbocycles. The van der Waals surface area contributed by atoms with Crippen LogP contribution in [0.4, 0.5) is 0 Å². The van der Waals surface area contributed by atoms with E-state index in [-0.39, 0.29) is 6.10 Å². The second kappa shape index (κ2) is 4.80. The SMILES string of the molecule is Cc1csc(=S)n1OC(C)c1ccccc1. The van der Waals surface area contributed by atoms with Gasteiger partial charge >= 0.3 is 0 Å². The first kappa shape index (κ1) is 11.4. The van der Waals surface area contributed by atoms with Crippen LogP contribution in [-0.4, -0.2) is 4.73 Å². The van der Waals surface area contributed by atoms with E-state index in [2.05, 4.69) is 12.1 Å². The second-order valence-electron chi connectivity index (χ2n) is 3.60. The normalized spacial score (nSPS) is 12.4. The fourth-order valence-electron chi connectivity index (χ4n) is 1.44. The Bertz CT molecular complexity index is 515. The number of hydrogen-bond donors (Lipinski definition) is 0. The smallest absolute Gasteiger partial charge is 0.196 e. The molecule has 4 heteroatoms. The van der Waals surface area contributed by atoms with Gasteiger partial charge in [-0.05, 0) is 31.6 Å². The summed E-state index contributed by atoms with van der Waals surface area (Å²) in [5.41, 5.74) is 2.19. The number of aromatic nitrogens is 1. The Morgan fingerprint density at radius 2 is 2.00 bits per heavy atom. The minimum atomic E-state index is 0.00111. The summed E-state index contributed by atoms with van der Waals surface area (Å²) in [6.45, 7) is 4.01. The number of aryl methyl sites for hydroxylation is 1. The molecule has 0 spiro atoms. The molecule has 0 amide bonds. The highest BCUT2D eigenvalue weighted by Crippen LogP contribution is 2.16. The van der Waals surface area contributed by atoms with Crippen LogP contribution in [0.2, 0.25) is 0 Å². The van der Waals surface area contributed by atoms with Crippen LogP contribution in [0.5, 0.6) is 0 Å². The number of benzene rings is 1. The summed E-state index contributed by atoms with van der Waals surface area (Å²) in [6.07, 6.45) is 0.00111. The van der Waals surface area contributed by atoms with E-state index < -0.39 is 0 Å². The third-order valence-corrected chi connectivity index (χ3v) is 3.63. The molecule has 1 aromatic carbocycles. The first-order chi connectivity index (χ1) is 7.68.